The molecule has 1 aromatic heterocycles. The topological polar surface area (TPSA) is 29.9 Å². The first-order valence-corrected chi connectivity index (χ1v) is 6.81. The van der Waals surface area contributed by atoms with E-state index in [9.17, 15) is 0 Å². The van der Waals surface area contributed by atoms with Crippen LogP contribution in [0.25, 0.3) is 11.0 Å². The van der Waals surface area contributed by atoms with Gasteiger partial charge in [0.2, 0.25) is 0 Å². The van der Waals surface area contributed by atoms with Crippen molar-refractivity contribution in [1.29, 1.82) is 0 Å². The number of para-hydroxylation sites is 2. The molecule has 1 aliphatic rings. The maximum absolute atomic E-state index is 5.44. The number of nitrogens with zero attached hydrogens (tertiary/aromatic N) is 1. The maximum atomic E-state index is 5.44. The molecular formula is C14H18N2OS. The second-order valence-corrected chi connectivity index (χ2v) is 5.66. The van der Waals surface area contributed by atoms with Gasteiger partial charge in [0, 0.05) is 20.3 Å². The molecule has 96 valence electrons. The van der Waals surface area contributed by atoms with E-state index in [0.29, 0.717) is 5.41 Å². The van der Waals surface area contributed by atoms with E-state index in [1.807, 2.05) is 6.07 Å². The van der Waals surface area contributed by atoms with Crippen LogP contribution in [0, 0.1) is 10.2 Å². The summed E-state index contributed by atoms with van der Waals surface area (Å²) in [4.78, 5) is 3.28. The van der Waals surface area contributed by atoms with Gasteiger partial charge in [-0.15, -0.1) is 0 Å². The number of benzene rings is 1. The van der Waals surface area contributed by atoms with Crippen LogP contribution in [0.5, 0.6) is 0 Å². The molecule has 1 saturated carbocycles. The van der Waals surface area contributed by atoms with Crippen LogP contribution in [0.4, 0.5) is 0 Å². The largest absolute Gasteiger partial charge is 0.385 e. The van der Waals surface area contributed by atoms with Gasteiger partial charge < -0.3 is 14.3 Å². The number of nitrogens with one attached hydrogen (secondary N) is 1. The molecule has 2 aromatic rings. The van der Waals surface area contributed by atoms with Gasteiger partial charge >= 0.3 is 0 Å². The minimum Gasteiger partial charge on any atom is -0.385 e. The van der Waals surface area contributed by atoms with Gasteiger partial charge in [-0.25, -0.2) is 0 Å². The fourth-order valence-corrected chi connectivity index (χ4v) is 2.85. The summed E-state index contributed by atoms with van der Waals surface area (Å²) >= 11 is 5.44. The van der Waals surface area contributed by atoms with Gasteiger partial charge in [-0.3, -0.25) is 0 Å². The Hall–Kier alpha value is -1.13. The number of H-pyrrole nitrogens is 1. The molecule has 1 aliphatic carbocycles. The van der Waals surface area contributed by atoms with E-state index in [-0.39, 0.29) is 0 Å². The van der Waals surface area contributed by atoms with E-state index in [1.54, 1.807) is 7.11 Å². The second-order valence-electron chi connectivity index (χ2n) is 5.28. The summed E-state index contributed by atoms with van der Waals surface area (Å²) < 4.78 is 8.29. The zero-order chi connectivity index (χ0) is 12.6. The Morgan fingerprint density at radius 1 is 1.39 bits per heavy atom. The Kier molecular flexibility index (Phi) is 2.99. The zero-order valence-corrected chi connectivity index (χ0v) is 11.4. The Balaban J connectivity index is 1.91. The first-order chi connectivity index (χ1) is 8.74. The minimum atomic E-state index is 0.416. The lowest BCUT2D eigenvalue weighted by Crippen LogP contribution is -2.14. The molecular weight excluding hydrogens is 244 g/mol. The third-order valence-corrected chi connectivity index (χ3v) is 4.29. The standard InChI is InChI=1S/C14H18N2OS/c1-17-9-8-14(6-7-14)10-16-12-5-3-2-4-11(12)15-13(16)18/h2-5H,6-10H2,1H3,(H,15,18). The number of methoxy groups -OCH3 is 1. The molecule has 0 radical (unpaired) electrons. The van der Waals surface area contributed by atoms with Crippen LogP contribution in [0.1, 0.15) is 19.3 Å². The summed E-state index contributed by atoms with van der Waals surface area (Å²) in [5.41, 5.74) is 2.76. The molecule has 0 saturated heterocycles. The Labute approximate surface area is 112 Å². The molecule has 0 aliphatic heterocycles. The third kappa shape index (κ3) is 2.10. The Bertz CT molecular complexity index is 610. The molecule has 0 bridgehead atoms. The van der Waals surface area contributed by atoms with E-state index in [4.69, 9.17) is 17.0 Å². The molecule has 3 rings (SSSR count). The third-order valence-electron chi connectivity index (χ3n) is 3.97. The molecule has 1 N–H and O–H groups in total. The monoisotopic (exact) mass is 262 g/mol. The van der Waals surface area contributed by atoms with E-state index >= 15 is 0 Å². The highest BCUT2D eigenvalue weighted by atomic mass is 32.1. The fraction of sp³-hybridized carbons (Fsp3) is 0.500. The van der Waals surface area contributed by atoms with E-state index < -0.39 is 0 Å². The Morgan fingerprint density at radius 2 is 2.17 bits per heavy atom. The average Bonchev–Trinajstić information content (AvgIpc) is 3.08. The first kappa shape index (κ1) is 11.9. The summed E-state index contributed by atoms with van der Waals surface area (Å²) in [5.74, 6) is 0. The number of rotatable bonds is 5. The van der Waals surface area contributed by atoms with Crippen LogP contribution in [-0.4, -0.2) is 23.3 Å². The predicted molar refractivity (Wildman–Crippen MR) is 75.3 cm³/mol. The molecule has 0 spiro atoms. The maximum Gasteiger partial charge on any atom is 0.178 e. The van der Waals surface area contributed by atoms with E-state index in [2.05, 4.69) is 27.8 Å². The average molecular weight is 262 g/mol. The van der Waals surface area contributed by atoms with Crippen LogP contribution < -0.4 is 0 Å². The van der Waals surface area contributed by atoms with Gasteiger partial charge in [-0.05, 0) is 49.0 Å². The first-order valence-electron chi connectivity index (χ1n) is 6.41. The van der Waals surface area contributed by atoms with Crippen molar-refractivity contribution in [2.45, 2.75) is 25.8 Å². The summed E-state index contributed by atoms with van der Waals surface area (Å²) in [6.45, 7) is 1.86. The molecule has 1 aromatic carbocycles. The molecule has 3 nitrogen and oxygen atoms in total. The van der Waals surface area contributed by atoms with Crippen molar-refractivity contribution in [2.75, 3.05) is 13.7 Å². The smallest absolute Gasteiger partial charge is 0.178 e. The molecule has 0 unspecified atom stereocenters. The van der Waals surface area contributed by atoms with Gasteiger partial charge in [0.05, 0.1) is 11.0 Å². The van der Waals surface area contributed by atoms with Gasteiger partial charge in [-0.1, -0.05) is 12.1 Å². The normalized spacial score (nSPS) is 17.2. The minimum absolute atomic E-state index is 0.416. The van der Waals surface area contributed by atoms with Crippen molar-refractivity contribution in [2.24, 2.45) is 5.41 Å². The van der Waals surface area contributed by atoms with Gasteiger partial charge in [0.25, 0.3) is 0 Å². The van der Waals surface area contributed by atoms with Gasteiger partial charge in [0.15, 0.2) is 4.77 Å². The van der Waals surface area contributed by atoms with Gasteiger partial charge in [-0.2, -0.15) is 0 Å². The lowest BCUT2D eigenvalue weighted by atomic mass is 10.0. The van der Waals surface area contributed by atoms with Crippen molar-refractivity contribution in [3.05, 3.63) is 29.0 Å². The number of aromatic nitrogens is 2. The SMILES string of the molecule is COCCC1(Cn2c(=S)[nH]c3ccccc32)CC1. The summed E-state index contributed by atoms with van der Waals surface area (Å²) in [5, 5.41) is 0. The summed E-state index contributed by atoms with van der Waals surface area (Å²) in [6.07, 6.45) is 3.71. The molecule has 4 heteroatoms. The van der Waals surface area contributed by atoms with Gasteiger partial charge in [0.1, 0.15) is 0 Å². The van der Waals surface area contributed by atoms with Crippen LogP contribution in [-0.2, 0) is 11.3 Å². The van der Waals surface area contributed by atoms with Crippen molar-refractivity contribution >= 4 is 23.3 Å². The number of hydrogen-bond donors (Lipinski definition) is 1. The van der Waals surface area contributed by atoms with E-state index in [0.717, 1.165) is 29.9 Å². The Morgan fingerprint density at radius 3 is 2.89 bits per heavy atom. The number of ether oxygens (including phenoxy) is 1. The highest BCUT2D eigenvalue weighted by molar-refractivity contribution is 7.71. The van der Waals surface area contributed by atoms with Crippen LogP contribution in [0.3, 0.4) is 0 Å². The molecule has 18 heavy (non-hydrogen) atoms. The lowest BCUT2D eigenvalue weighted by molar-refractivity contribution is 0.167. The predicted octanol–water partition coefficient (Wildman–Crippen LogP) is 3.52. The van der Waals surface area contributed by atoms with Crippen molar-refractivity contribution in [3.63, 3.8) is 0 Å². The van der Waals surface area contributed by atoms with Crippen LogP contribution in [0.15, 0.2) is 24.3 Å². The second kappa shape index (κ2) is 4.52. The number of hydrogen-bond acceptors (Lipinski definition) is 2. The van der Waals surface area contributed by atoms with Crippen molar-refractivity contribution in [1.82, 2.24) is 9.55 Å². The fourth-order valence-electron chi connectivity index (χ4n) is 2.58. The zero-order valence-electron chi connectivity index (χ0n) is 10.6. The quantitative estimate of drug-likeness (QED) is 0.836. The molecule has 1 heterocycles. The summed E-state index contributed by atoms with van der Waals surface area (Å²) in [7, 11) is 1.77. The number of imidazole rings is 1. The number of fused-ring (bicyclic) bond motifs is 1. The van der Waals surface area contributed by atoms with E-state index in [1.165, 1.54) is 18.4 Å². The number of aromatic amines is 1. The highest BCUT2D eigenvalue weighted by Gasteiger charge is 2.42. The molecule has 0 atom stereocenters. The summed E-state index contributed by atoms with van der Waals surface area (Å²) in [6, 6.07) is 8.32. The van der Waals surface area contributed by atoms with Crippen LogP contribution in [0.2, 0.25) is 0 Å². The highest BCUT2D eigenvalue weighted by Crippen LogP contribution is 2.50. The van der Waals surface area contributed by atoms with Crippen molar-refractivity contribution in [3.8, 4) is 0 Å². The van der Waals surface area contributed by atoms with Crippen molar-refractivity contribution < 1.29 is 4.74 Å². The lowest BCUT2D eigenvalue weighted by Gasteiger charge is -2.15. The molecule has 1 fully saturated rings. The molecule has 0 amide bonds. The van der Waals surface area contributed by atoms with Crippen LogP contribution >= 0.6 is 12.2 Å².